The van der Waals surface area contributed by atoms with Gasteiger partial charge in [-0.2, -0.15) is 11.8 Å². The lowest BCUT2D eigenvalue weighted by molar-refractivity contribution is -0.144. The van der Waals surface area contributed by atoms with Gasteiger partial charge in [0.15, 0.2) is 0 Å². The summed E-state index contributed by atoms with van der Waals surface area (Å²) in [6, 6.07) is 17.7. The molecule has 1 N–H and O–H groups in total. The van der Waals surface area contributed by atoms with Crippen molar-refractivity contribution in [2.75, 3.05) is 31.1 Å². The summed E-state index contributed by atoms with van der Waals surface area (Å²) < 4.78 is 5.38. The fourth-order valence-electron chi connectivity index (χ4n) is 4.44. The lowest BCUT2D eigenvalue weighted by Crippen LogP contribution is -2.55. The molecule has 2 heterocycles. The van der Waals surface area contributed by atoms with Crippen LogP contribution in [0.1, 0.15) is 24.0 Å². The highest BCUT2D eigenvalue weighted by Crippen LogP contribution is 2.23. The maximum atomic E-state index is 13.6. The van der Waals surface area contributed by atoms with Crippen molar-refractivity contribution in [3.8, 4) is 0 Å². The number of thioether (sulfide) groups is 1. The molecule has 34 heavy (non-hydrogen) atoms. The van der Waals surface area contributed by atoms with E-state index in [1.807, 2.05) is 77.3 Å². The van der Waals surface area contributed by atoms with Crippen LogP contribution in [0.3, 0.4) is 0 Å². The summed E-state index contributed by atoms with van der Waals surface area (Å²) in [5.41, 5.74) is 1.80. The van der Waals surface area contributed by atoms with Gasteiger partial charge in [-0.15, -0.1) is 0 Å². The summed E-state index contributed by atoms with van der Waals surface area (Å²) in [7, 11) is 0. The van der Waals surface area contributed by atoms with Crippen molar-refractivity contribution >= 4 is 29.7 Å². The number of alkyl carbamates (subject to hydrolysis) is 1. The minimum atomic E-state index is -0.809. The van der Waals surface area contributed by atoms with Gasteiger partial charge in [0, 0.05) is 37.6 Å². The lowest BCUT2D eigenvalue weighted by atomic mass is 10.0. The van der Waals surface area contributed by atoms with E-state index >= 15 is 0 Å². The van der Waals surface area contributed by atoms with Crippen molar-refractivity contribution in [2.24, 2.45) is 0 Å². The van der Waals surface area contributed by atoms with Gasteiger partial charge in [0.05, 0.1) is 0 Å². The molecule has 0 bridgehead atoms. The van der Waals surface area contributed by atoms with E-state index in [1.54, 1.807) is 4.90 Å². The Labute approximate surface area is 204 Å². The van der Waals surface area contributed by atoms with Crippen LogP contribution in [0.5, 0.6) is 0 Å². The highest BCUT2D eigenvalue weighted by atomic mass is 32.2. The molecule has 2 aliphatic heterocycles. The molecular weight excluding hydrogens is 450 g/mol. The van der Waals surface area contributed by atoms with Gasteiger partial charge >= 0.3 is 6.09 Å². The molecule has 3 amide bonds. The van der Waals surface area contributed by atoms with Crippen molar-refractivity contribution in [2.45, 2.75) is 38.0 Å². The van der Waals surface area contributed by atoms with Gasteiger partial charge in [-0.1, -0.05) is 60.7 Å². The maximum absolute atomic E-state index is 13.6. The molecule has 180 valence electrons. The summed E-state index contributed by atoms with van der Waals surface area (Å²) >= 11 is 1.85. The number of likely N-dealkylation sites (tertiary alicyclic amines) is 1. The summed E-state index contributed by atoms with van der Waals surface area (Å²) in [4.78, 5) is 43.0. The van der Waals surface area contributed by atoms with E-state index in [-0.39, 0.29) is 18.4 Å². The normalized spacial score (nSPS) is 18.9. The lowest BCUT2D eigenvalue weighted by Gasteiger charge is -2.34. The Morgan fingerprint density at radius 3 is 2.26 bits per heavy atom. The molecule has 2 saturated heterocycles. The van der Waals surface area contributed by atoms with Gasteiger partial charge in [-0.3, -0.25) is 9.59 Å². The number of carbonyl (C=O) groups is 3. The van der Waals surface area contributed by atoms with Crippen LogP contribution in [0.2, 0.25) is 0 Å². The third-order valence-electron chi connectivity index (χ3n) is 6.23. The van der Waals surface area contributed by atoms with Gasteiger partial charge in [0.1, 0.15) is 18.7 Å². The summed E-state index contributed by atoms with van der Waals surface area (Å²) in [5, 5.41) is 2.77. The molecule has 4 rings (SSSR count). The quantitative estimate of drug-likeness (QED) is 0.658. The second-order valence-electron chi connectivity index (χ2n) is 8.58. The number of hydrogen-bond donors (Lipinski definition) is 1. The molecule has 0 spiro atoms. The van der Waals surface area contributed by atoms with Crippen LogP contribution in [0.25, 0.3) is 0 Å². The van der Waals surface area contributed by atoms with E-state index in [4.69, 9.17) is 4.74 Å². The molecule has 0 unspecified atom stereocenters. The predicted molar refractivity (Wildman–Crippen MR) is 132 cm³/mol. The molecule has 0 saturated carbocycles. The first-order chi connectivity index (χ1) is 16.6. The number of rotatable bonds is 7. The number of nitrogens with one attached hydrogen (secondary N) is 1. The van der Waals surface area contributed by atoms with Gasteiger partial charge in [0.25, 0.3) is 0 Å². The van der Waals surface area contributed by atoms with E-state index in [9.17, 15) is 14.4 Å². The number of amides is 3. The molecular formula is C26H31N3O4S. The summed E-state index contributed by atoms with van der Waals surface area (Å²) in [5.74, 6) is 1.65. The van der Waals surface area contributed by atoms with Crippen LogP contribution in [0, 0.1) is 0 Å². The van der Waals surface area contributed by atoms with Crippen molar-refractivity contribution in [1.82, 2.24) is 15.1 Å². The third-order valence-corrected chi connectivity index (χ3v) is 7.17. The first kappa shape index (κ1) is 24.1. The molecule has 2 aliphatic rings. The first-order valence-corrected chi connectivity index (χ1v) is 13.0. The Bertz CT molecular complexity index is 967. The fraction of sp³-hybridized carbons (Fsp3) is 0.423. The zero-order chi connectivity index (χ0) is 23.8. The van der Waals surface area contributed by atoms with Crippen LogP contribution in [0.4, 0.5) is 4.79 Å². The van der Waals surface area contributed by atoms with Crippen molar-refractivity contribution in [3.05, 3.63) is 71.8 Å². The Morgan fingerprint density at radius 1 is 0.941 bits per heavy atom. The second-order valence-corrected chi connectivity index (χ2v) is 9.80. The van der Waals surface area contributed by atoms with E-state index < -0.39 is 18.2 Å². The SMILES string of the molecule is O=C(N[C@@H](Cc1ccccc1)C(=O)N1CCC[C@H]1C(=O)N1CCSCC1)OCc1ccccc1. The van der Waals surface area contributed by atoms with Gasteiger partial charge in [0.2, 0.25) is 11.8 Å². The van der Waals surface area contributed by atoms with E-state index in [1.165, 1.54) is 0 Å². The molecule has 2 aromatic rings. The molecule has 2 fully saturated rings. The maximum Gasteiger partial charge on any atom is 0.408 e. The average Bonchev–Trinajstić information content (AvgIpc) is 3.38. The molecule has 8 heteroatoms. The van der Waals surface area contributed by atoms with Crippen LogP contribution in [-0.2, 0) is 27.4 Å². The Kier molecular flexibility index (Phi) is 8.46. The van der Waals surface area contributed by atoms with Crippen molar-refractivity contribution in [1.29, 1.82) is 0 Å². The topological polar surface area (TPSA) is 79.0 Å². The third kappa shape index (κ3) is 6.32. The molecule has 0 aromatic heterocycles. The number of nitrogens with zero attached hydrogens (tertiary/aromatic N) is 2. The van der Waals surface area contributed by atoms with E-state index in [0.717, 1.165) is 42.1 Å². The van der Waals surface area contributed by atoms with Crippen LogP contribution < -0.4 is 5.32 Å². The smallest absolute Gasteiger partial charge is 0.408 e. The number of hydrogen-bond acceptors (Lipinski definition) is 5. The van der Waals surface area contributed by atoms with Crippen molar-refractivity contribution < 1.29 is 19.1 Å². The molecule has 2 aromatic carbocycles. The highest BCUT2D eigenvalue weighted by molar-refractivity contribution is 7.99. The Morgan fingerprint density at radius 2 is 1.59 bits per heavy atom. The molecule has 2 atom stereocenters. The number of ether oxygens (including phenoxy) is 1. The first-order valence-electron chi connectivity index (χ1n) is 11.8. The Balaban J connectivity index is 1.45. The second kappa shape index (κ2) is 11.9. The van der Waals surface area contributed by atoms with Gasteiger partial charge in [-0.05, 0) is 24.0 Å². The van der Waals surface area contributed by atoms with Crippen LogP contribution >= 0.6 is 11.8 Å². The van der Waals surface area contributed by atoms with Crippen LogP contribution in [-0.4, -0.2) is 70.9 Å². The minimum Gasteiger partial charge on any atom is -0.445 e. The van der Waals surface area contributed by atoms with E-state index in [0.29, 0.717) is 19.4 Å². The highest BCUT2D eigenvalue weighted by Gasteiger charge is 2.39. The molecule has 7 nitrogen and oxygen atoms in total. The fourth-order valence-corrected chi connectivity index (χ4v) is 5.34. The summed E-state index contributed by atoms with van der Waals surface area (Å²) in [6.45, 7) is 2.08. The standard InChI is InChI=1S/C26H31N3O4S/c30-24(29-13-7-12-23(29)25(31)28-14-16-34-17-15-28)22(18-20-8-3-1-4-9-20)27-26(32)33-19-21-10-5-2-6-11-21/h1-6,8-11,22-23H,7,12-19H2,(H,27,32)/t22-,23-/m0/s1. The zero-order valence-electron chi connectivity index (χ0n) is 19.2. The average molecular weight is 482 g/mol. The van der Waals surface area contributed by atoms with Gasteiger partial charge in [-0.25, -0.2) is 4.79 Å². The van der Waals surface area contributed by atoms with Crippen LogP contribution in [0.15, 0.2) is 60.7 Å². The Hall–Kier alpha value is -3.00. The van der Waals surface area contributed by atoms with E-state index in [2.05, 4.69) is 5.32 Å². The molecule has 0 aliphatic carbocycles. The largest absolute Gasteiger partial charge is 0.445 e. The minimum absolute atomic E-state index is 0.0243. The zero-order valence-corrected chi connectivity index (χ0v) is 20.0. The number of benzene rings is 2. The molecule has 0 radical (unpaired) electrons. The summed E-state index contributed by atoms with van der Waals surface area (Å²) in [6.07, 6.45) is 1.12. The monoisotopic (exact) mass is 481 g/mol. The van der Waals surface area contributed by atoms with Crippen molar-refractivity contribution in [3.63, 3.8) is 0 Å². The van der Waals surface area contributed by atoms with Gasteiger partial charge < -0.3 is 19.9 Å². The number of carbonyl (C=O) groups excluding carboxylic acids is 3. The predicted octanol–water partition coefficient (Wildman–Crippen LogP) is 3.09.